The largest absolute Gasteiger partial charge is 0.461 e. The minimum absolute atomic E-state index is 0.00722. The summed E-state index contributed by atoms with van der Waals surface area (Å²) in [5, 5.41) is 13.2. The van der Waals surface area contributed by atoms with Crippen molar-refractivity contribution in [1.29, 1.82) is 0 Å². The summed E-state index contributed by atoms with van der Waals surface area (Å²) in [6.07, 6.45) is -0.636. The molecule has 0 aromatic heterocycles. The van der Waals surface area contributed by atoms with Gasteiger partial charge in [-0.15, -0.1) is 0 Å². The standard InChI is InChI=1S/C47H63N5O11/c1-7-32(2)40(44(57)61-30-35-21-13-9-14-22-35)52-41(54)33(3)49-42(55)38(26-27-39(53)60-29-34-19-11-8-12-20-34)50-43(56)37(51-46(59)63-47(4,5)6)25-17-18-28-48-45(58)62-31-36-23-15-10-16-24-36/h8-16,19-24,32-33,37-38,40H,7,17-18,25-31H2,1-6H3,(H,48,58)(H,49,55)(H,50,56)(H,51,59)(H,52,54). The Bertz CT molecular complexity index is 1910. The van der Waals surface area contributed by atoms with Gasteiger partial charge < -0.3 is 45.5 Å². The fraction of sp³-hybridized carbons (Fsp3) is 0.468. The molecule has 3 aromatic rings. The minimum Gasteiger partial charge on any atom is -0.461 e. The lowest BCUT2D eigenvalue weighted by atomic mass is 9.99. The lowest BCUT2D eigenvalue weighted by molar-refractivity contribution is -0.151. The molecule has 0 fully saturated rings. The van der Waals surface area contributed by atoms with Crippen molar-refractivity contribution in [3.05, 3.63) is 108 Å². The number of amides is 5. The van der Waals surface area contributed by atoms with E-state index in [4.69, 9.17) is 18.9 Å². The number of esters is 2. The maximum Gasteiger partial charge on any atom is 0.408 e. The van der Waals surface area contributed by atoms with Crippen molar-refractivity contribution in [1.82, 2.24) is 26.6 Å². The Kier molecular flexibility index (Phi) is 21.6. The maximum atomic E-state index is 13.9. The molecule has 0 aliphatic heterocycles. The third-order valence-electron chi connectivity index (χ3n) is 9.66. The Morgan fingerprint density at radius 3 is 1.62 bits per heavy atom. The highest BCUT2D eigenvalue weighted by molar-refractivity contribution is 5.95. The summed E-state index contributed by atoms with van der Waals surface area (Å²) in [7, 11) is 0. The van der Waals surface area contributed by atoms with Crippen molar-refractivity contribution in [2.24, 2.45) is 5.92 Å². The molecule has 0 aliphatic carbocycles. The molecule has 0 radical (unpaired) electrons. The monoisotopic (exact) mass is 873 g/mol. The molecule has 5 unspecified atom stereocenters. The van der Waals surface area contributed by atoms with Crippen molar-refractivity contribution in [3.63, 3.8) is 0 Å². The van der Waals surface area contributed by atoms with Crippen LogP contribution in [-0.4, -0.2) is 78.2 Å². The zero-order valence-electron chi connectivity index (χ0n) is 37.1. The molecule has 0 heterocycles. The summed E-state index contributed by atoms with van der Waals surface area (Å²) in [4.78, 5) is 92.5. The Morgan fingerprint density at radius 1 is 0.571 bits per heavy atom. The lowest BCUT2D eigenvalue weighted by Crippen LogP contribution is -2.57. The maximum absolute atomic E-state index is 13.9. The van der Waals surface area contributed by atoms with Crippen LogP contribution < -0.4 is 26.6 Å². The van der Waals surface area contributed by atoms with Crippen LogP contribution in [0.4, 0.5) is 9.59 Å². The first-order valence-electron chi connectivity index (χ1n) is 21.3. The third-order valence-corrected chi connectivity index (χ3v) is 9.66. The first-order valence-corrected chi connectivity index (χ1v) is 21.3. The SMILES string of the molecule is CCC(C)C(NC(=O)C(C)NC(=O)C(CCC(=O)OCc1ccccc1)NC(=O)C(CCCCNC(=O)OCc1ccccc1)NC(=O)OC(C)(C)C)C(=O)OCc1ccccc1. The second kappa shape index (κ2) is 26.8. The number of unbranched alkanes of at least 4 members (excludes halogenated alkanes) is 1. The molecule has 5 N–H and O–H groups in total. The molecule has 63 heavy (non-hydrogen) atoms. The van der Waals surface area contributed by atoms with Crippen molar-refractivity contribution in [2.45, 2.75) is 130 Å². The van der Waals surface area contributed by atoms with Gasteiger partial charge in [-0.1, -0.05) is 111 Å². The lowest BCUT2D eigenvalue weighted by Gasteiger charge is -2.27. The van der Waals surface area contributed by atoms with E-state index in [9.17, 15) is 33.6 Å². The van der Waals surface area contributed by atoms with Crippen molar-refractivity contribution < 1.29 is 52.5 Å². The average molecular weight is 874 g/mol. The summed E-state index contributed by atoms with van der Waals surface area (Å²) in [6.45, 7) is 10.4. The fourth-order valence-corrected chi connectivity index (χ4v) is 5.92. The predicted molar refractivity (Wildman–Crippen MR) is 234 cm³/mol. The fourth-order valence-electron chi connectivity index (χ4n) is 5.92. The van der Waals surface area contributed by atoms with E-state index >= 15 is 0 Å². The summed E-state index contributed by atoms with van der Waals surface area (Å²) < 4.78 is 21.6. The Hall–Kier alpha value is -6.45. The van der Waals surface area contributed by atoms with E-state index in [1.165, 1.54) is 6.92 Å². The van der Waals surface area contributed by atoms with Crippen LogP contribution in [0.15, 0.2) is 91.0 Å². The number of hydrogen-bond acceptors (Lipinski definition) is 11. The highest BCUT2D eigenvalue weighted by Crippen LogP contribution is 2.14. The molecule has 0 saturated carbocycles. The van der Waals surface area contributed by atoms with E-state index in [0.717, 1.165) is 16.7 Å². The van der Waals surface area contributed by atoms with Crippen LogP contribution in [0.5, 0.6) is 0 Å². The number of ether oxygens (including phenoxy) is 4. The van der Waals surface area contributed by atoms with E-state index in [-0.39, 0.29) is 51.5 Å². The number of benzene rings is 3. The minimum atomic E-state index is -1.37. The van der Waals surface area contributed by atoms with Gasteiger partial charge in [-0.25, -0.2) is 14.4 Å². The Balaban J connectivity index is 1.70. The number of rotatable bonds is 24. The molecule has 0 spiro atoms. The second-order valence-corrected chi connectivity index (χ2v) is 16.1. The molecule has 0 saturated heterocycles. The molecule has 5 amide bonds. The normalized spacial score (nSPS) is 13.4. The number of carbonyl (C=O) groups is 7. The van der Waals surface area contributed by atoms with Crippen molar-refractivity contribution >= 4 is 41.8 Å². The topological polar surface area (TPSA) is 217 Å². The van der Waals surface area contributed by atoms with Crippen LogP contribution in [0.25, 0.3) is 0 Å². The van der Waals surface area contributed by atoms with E-state index in [1.54, 1.807) is 52.0 Å². The number of carbonyl (C=O) groups excluding carboxylic acids is 7. The molecule has 0 bridgehead atoms. The van der Waals surface area contributed by atoms with Crippen LogP contribution in [-0.2, 0) is 62.7 Å². The van der Waals surface area contributed by atoms with Gasteiger partial charge in [-0.2, -0.15) is 0 Å². The predicted octanol–water partition coefficient (Wildman–Crippen LogP) is 5.76. The van der Waals surface area contributed by atoms with Gasteiger partial charge >= 0.3 is 24.1 Å². The number of nitrogens with one attached hydrogen (secondary N) is 5. The van der Waals surface area contributed by atoms with Crippen LogP contribution in [0.3, 0.4) is 0 Å². The molecular weight excluding hydrogens is 811 g/mol. The molecule has 3 aromatic carbocycles. The van der Waals surface area contributed by atoms with Crippen LogP contribution >= 0.6 is 0 Å². The van der Waals surface area contributed by atoms with Gasteiger partial charge in [0.1, 0.15) is 49.6 Å². The van der Waals surface area contributed by atoms with Gasteiger partial charge in [0.25, 0.3) is 0 Å². The first kappa shape index (κ1) is 50.9. The van der Waals surface area contributed by atoms with E-state index in [1.807, 2.05) is 73.7 Å². The molecule has 0 aliphatic rings. The zero-order chi connectivity index (χ0) is 46.2. The molecule has 342 valence electrons. The van der Waals surface area contributed by atoms with Crippen molar-refractivity contribution in [3.8, 4) is 0 Å². The third kappa shape index (κ3) is 20.3. The highest BCUT2D eigenvalue weighted by atomic mass is 16.6. The van der Waals surface area contributed by atoms with Gasteiger partial charge in [-0.05, 0) is 76.0 Å². The number of hydrogen-bond donors (Lipinski definition) is 5. The summed E-state index contributed by atoms with van der Waals surface area (Å²) >= 11 is 0. The highest BCUT2D eigenvalue weighted by Gasteiger charge is 2.33. The quantitative estimate of drug-likeness (QED) is 0.0414. The molecule has 5 atom stereocenters. The van der Waals surface area contributed by atoms with Gasteiger partial charge in [0.05, 0.1) is 0 Å². The summed E-state index contributed by atoms with van der Waals surface area (Å²) in [6, 6.07) is 22.5. The molecule has 16 heteroatoms. The smallest absolute Gasteiger partial charge is 0.408 e. The van der Waals surface area contributed by atoms with Gasteiger partial charge in [0, 0.05) is 13.0 Å². The van der Waals surface area contributed by atoms with E-state index < -0.39 is 71.6 Å². The van der Waals surface area contributed by atoms with Crippen LogP contribution in [0, 0.1) is 5.92 Å². The molecular formula is C47H63N5O11. The zero-order valence-corrected chi connectivity index (χ0v) is 37.1. The van der Waals surface area contributed by atoms with Gasteiger partial charge in [-0.3, -0.25) is 19.2 Å². The van der Waals surface area contributed by atoms with Crippen LogP contribution in [0.1, 0.15) is 96.8 Å². The Labute approximate surface area is 369 Å². The van der Waals surface area contributed by atoms with Crippen LogP contribution in [0.2, 0.25) is 0 Å². The summed E-state index contributed by atoms with van der Waals surface area (Å²) in [5.74, 6) is -3.83. The van der Waals surface area contributed by atoms with Gasteiger partial charge in [0.2, 0.25) is 17.7 Å². The van der Waals surface area contributed by atoms with Gasteiger partial charge in [0.15, 0.2) is 0 Å². The second-order valence-electron chi connectivity index (χ2n) is 16.1. The molecule has 16 nitrogen and oxygen atoms in total. The average Bonchev–Trinajstić information content (AvgIpc) is 3.26. The van der Waals surface area contributed by atoms with E-state index in [2.05, 4.69) is 26.6 Å². The summed E-state index contributed by atoms with van der Waals surface area (Å²) in [5.41, 5.74) is 1.47. The van der Waals surface area contributed by atoms with Crippen molar-refractivity contribution in [2.75, 3.05) is 6.54 Å². The van der Waals surface area contributed by atoms with E-state index in [0.29, 0.717) is 19.3 Å². The Morgan fingerprint density at radius 2 is 1.08 bits per heavy atom. The molecule has 3 rings (SSSR count). The first-order chi connectivity index (χ1) is 30.0. The number of alkyl carbamates (subject to hydrolysis) is 2.